The Morgan fingerprint density at radius 3 is 2.55 bits per heavy atom. The van der Waals surface area contributed by atoms with E-state index in [2.05, 4.69) is 0 Å². The fourth-order valence-corrected chi connectivity index (χ4v) is 1.82. The summed E-state index contributed by atoms with van der Waals surface area (Å²) in [5.41, 5.74) is 5.46. The first-order valence-corrected chi connectivity index (χ1v) is 6.18. The van der Waals surface area contributed by atoms with E-state index < -0.39 is 17.8 Å². The number of carbonyl (C=O) groups excluding carboxylic acids is 1. The van der Waals surface area contributed by atoms with Crippen LogP contribution in [0.2, 0.25) is 0 Å². The lowest BCUT2D eigenvalue weighted by atomic mass is 10.1. The summed E-state index contributed by atoms with van der Waals surface area (Å²) in [5, 5.41) is 10.6. The first-order valence-electron chi connectivity index (χ1n) is 6.18. The standard InChI is InChI=1S/C15H15NO4/c16-13(8-15(18)19)14(17)9-20-12-6-5-10-3-1-2-4-11(10)7-12/h1-7,13H,8-9,16H2,(H,18,19)/t13-/m0/s1. The summed E-state index contributed by atoms with van der Waals surface area (Å²) < 4.78 is 5.36. The minimum absolute atomic E-state index is 0.229. The molecule has 0 bridgehead atoms. The molecule has 3 N–H and O–H groups in total. The van der Waals surface area contributed by atoms with E-state index in [4.69, 9.17) is 15.6 Å². The van der Waals surface area contributed by atoms with Crippen LogP contribution >= 0.6 is 0 Å². The quantitative estimate of drug-likeness (QED) is 0.834. The van der Waals surface area contributed by atoms with Crippen LogP contribution in [0.5, 0.6) is 5.75 Å². The second kappa shape index (κ2) is 6.16. The minimum Gasteiger partial charge on any atom is -0.486 e. The molecule has 0 spiro atoms. The predicted molar refractivity (Wildman–Crippen MR) is 74.7 cm³/mol. The summed E-state index contributed by atoms with van der Waals surface area (Å²) in [6, 6.07) is 12.2. The fourth-order valence-electron chi connectivity index (χ4n) is 1.82. The lowest BCUT2D eigenvalue weighted by Gasteiger charge is -2.10. The van der Waals surface area contributed by atoms with E-state index in [1.54, 1.807) is 6.07 Å². The third-order valence-electron chi connectivity index (χ3n) is 2.91. The maximum absolute atomic E-state index is 11.6. The highest BCUT2D eigenvalue weighted by Crippen LogP contribution is 2.20. The molecule has 0 heterocycles. The van der Waals surface area contributed by atoms with Crippen LogP contribution in [0.4, 0.5) is 0 Å². The van der Waals surface area contributed by atoms with Crippen molar-refractivity contribution >= 4 is 22.5 Å². The molecule has 0 aliphatic rings. The van der Waals surface area contributed by atoms with Gasteiger partial charge in [-0.25, -0.2) is 0 Å². The summed E-state index contributed by atoms with van der Waals surface area (Å²) in [7, 11) is 0. The first-order chi connectivity index (χ1) is 9.56. The molecule has 104 valence electrons. The highest BCUT2D eigenvalue weighted by molar-refractivity contribution is 5.89. The number of ketones is 1. The summed E-state index contributed by atoms with van der Waals surface area (Å²) in [6.45, 7) is -0.229. The second-order valence-electron chi connectivity index (χ2n) is 4.47. The average molecular weight is 273 g/mol. The van der Waals surface area contributed by atoms with Crippen LogP contribution in [0, 0.1) is 0 Å². The van der Waals surface area contributed by atoms with Crippen LogP contribution in [0.15, 0.2) is 42.5 Å². The lowest BCUT2D eigenvalue weighted by Crippen LogP contribution is -2.36. The van der Waals surface area contributed by atoms with Gasteiger partial charge in [0.15, 0.2) is 5.78 Å². The van der Waals surface area contributed by atoms with Gasteiger partial charge in [0.1, 0.15) is 12.4 Å². The van der Waals surface area contributed by atoms with Gasteiger partial charge in [0.2, 0.25) is 0 Å². The summed E-state index contributed by atoms with van der Waals surface area (Å²) in [6.07, 6.45) is -0.389. The lowest BCUT2D eigenvalue weighted by molar-refractivity contribution is -0.139. The number of fused-ring (bicyclic) bond motifs is 1. The Hall–Kier alpha value is -2.40. The number of Topliss-reactive ketones (excluding diaryl/α,β-unsaturated/α-hetero) is 1. The monoisotopic (exact) mass is 273 g/mol. The number of hydrogen-bond donors (Lipinski definition) is 2. The van der Waals surface area contributed by atoms with E-state index in [1.807, 2.05) is 36.4 Å². The predicted octanol–water partition coefficient (Wildman–Crippen LogP) is 1.59. The number of benzene rings is 2. The Balaban J connectivity index is 1.98. The topological polar surface area (TPSA) is 89.6 Å². The molecule has 0 aromatic heterocycles. The van der Waals surface area contributed by atoms with Gasteiger partial charge in [-0.05, 0) is 22.9 Å². The van der Waals surface area contributed by atoms with Crippen LogP contribution in [-0.4, -0.2) is 29.5 Å². The number of ether oxygens (including phenoxy) is 1. The van der Waals surface area contributed by atoms with E-state index in [0.717, 1.165) is 10.8 Å². The van der Waals surface area contributed by atoms with E-state index in [-0.39, 0.29) is 13.0 Å². The number of nitrogens with two attached hydrogens (primary N) is 1. The molecular weight excluding hydrogens is 258 g/mol. The van der Waals surface area contributed by atoms with E-state index >= 15 is 0 Å². The number of rotatable bonds is 6. The van der Waals surface area contributed by atoms with E-state index in [9.17, 15) is 9.59 Å². The Morgan fingerprint density at radius 2 is 1.85 bits per heavy atom. The van der Waals surface area contributed by atoms with Crippen molar-refractivity contribution in [3.63, 3.8) is 0 Å². The molecule has 0 unspecified atom stereocenters. The average Bonchev–Trinajstić information content (AvgIpc) is 2.43. The molecule has 5 heteroatoms. The van der Waals surface area contributed by atoms with Gasteiger partial charge < -0.3 is 15.6 Å². The molecule has 0 aliphatic heterocycles. The van der Waals surface area contributed by atoms with Crippen molar-refractivity contribution in [3.8, 4) is 5.75 Å². The van der Waals surface area contributed by atoms with E-state index in [1.165, 1.54) is 0 Å². The van der Waals surface area contributed by atoms with Crippen LogP contribution in [0.1, 0.15) is 6.42 Å². The van der Waals surface area contributed by atoms with E-state index in [0.29, 0.717) is 5.75 Å². The SMILES string of the molecule is N[C@@H](CC(=O)O)C(=O)COc1ccc2ccccc2c1. The van der Waals surface area contributed by atoms with Gasteiger partial charge in [0.05, 0.1) is 12.5 Å². The third kappa shape index (κ3) is 3.55. The Bertz CT molecular complexity index is 639. The number of carboxylic acids is 1. The van der Waals surface area contributed by atoms with Crippen LogP contribution in [0.3, 0.4) is 0 Å². The summed E-state index contributed by atoms with van der Waals surface area (Å²) in [4.78, 5) is 22.1. The normalized spacial score (nSPS) is 12.1. The third-order valence-corrected chi connectivity index (χ3v) is 2.91. The van der Waals surface area contributed by atoms with Crippen molar-refractivity contribution < 1.29 is 19.4 Å². The van der Waals surface area contributed by atoms with Crippen molar-refractivity contribution in [2.75, 3.05) is 6.61 Å². The zero-order valence-corrected chi connectivity index (χ0v) is 10.8. The van der Waals surface area contributed by atoms with Gasteiger partial charge in [0.25, 0.3) is 0 Å². The van der Waals surface area contributed by atoms with Crippen molar-refractivity contribution in [2.45, 2.75) is 12.5 Å². The van der Waals surface area contributed by atoms with Crippen LogP contribution in [0.25, 0.3) is 10.8 Å². The molecule has 2 rings (SSSR count). The molecular formula is C15H15NO4. The second-order valence-corrected chi connectivity index (χ2v) is 4.47. The molecule has 2 aromatic carbocycles. The van der Waals surface area contributed by atoms with Gasteiger partial charge in [-0.2, -0.15) is 0 Å². The van der Waals surface area contributed by atoms with Gasteiger partial charge in [-0.1, -0.05) is 30.3 Å². The van der Waals surface area contributed by atoms with Crippen molar-refractivity contribution in [1.82, 2.24) is 0 Å². The maximum Gasteiger partial charge on any atom is 0.305 e. The smallest absolute Gasteiger partial charge is 0.305 e. The molecule has 20 heavy (non-hydrogen) atoms. The highest BCUT2D eigenvalue weighted by Gasteiger charge is 2.17. The summed E-state index contributed by atoms with van der Waals surface area (Å²) in [5.74, 6) is -0.975. The minimum atomic E-state index is -1.10. The van der Waals surface area contributed by atoms with Gasteiger partial charge in [0, 0.05) is 0 Å². The Kier molecular flexibility index (Phi) is 4.32. The van der Waals surface area contributed by atoms with Crippen LogP contribution < -0.4 is 10.5 Å². The molecule has 0 fully saturated rings. The molecule has 5 nitrogen and oxygen atoms in total. The largest absolute Gasteiger partial charge is 0.486 e. The molecule has 0 saturated heterocycles. The highest BCUT2D eigenvalue weighted by atomic mass is 16.5. The number of carboxylic acid groups (broad SMARTS) is 1. The molecule has 0 aliphatic carbocycles. The maximum atomic E-state index is 11.6. The van der Waals surface area contributed by atoms with Crippen molar-refractivity contribution in [2.24, 2.45) is 5.73 Å². The molecule has 0 saturated carbocycles. The van der Waals surface area contributed by atoms with Crippen LogP contribution in [-0.2, 0) is 9.59 Å². The van der Waals surface area contributed by atoms with Gasteiger partial charge in [-0.15, -0.1) is 0 Å². The molecule has 0 amide bonds. The summed E-state index contributed by atoms with van der Waals surface area (Å²) >= 11 is 0. The Labute approximate surface area is 116 Å². The number of carbonyl (C=O) groups is 2. The van der Waals surface area contributed by atoms with Gasteiger partial charge >= 0.3 is 5.97 Å². The zero-order valence-electron chi connectivity index (χ0n) is 10.8. The fraction of sp³-hybridized carbons (Fsp3) is 0.200. The Morgan fingerprint density at radius 1 is 1.15 bits per heavy atom. The molecule has 2 aromatic rings. The first kappa shape index (κ1) is 14.0. The number of aliphatic carboxylic acids is 1. The van der Waals surface area contributed by atoms with Crippen molar-refractivity contribution in [1.29, 1.82) is 0 Å². The molecule has 1 atom stereocenters. The van der Waals surface area contributed by atoms with Gasteiger partial charge in [-0.3, -0.25) is 9.59 Å². The zero-order chi connectivity index (χ0) is 14.5. The van der Waals surface area contributed by atoms with Crippen molar-refractivity contribution in [3.05, 3.63) is 42.5 Å². The number of hydrogen-bond acceptors (Lipinski definition) is 4. The molecule has 0 radical (unpaired) electrons.